The summed E-state index contributed by atoms with van der Waals surface area (Å²) in [4.78, 5) is 20.0. The number of rotatable bonds is 3. The third kappa shape index (κ3) is 2.66. The van der Waals surface area contributed by atoms with Crippen molar-refractivity contribution in [2.75, 3.05) is 0 Å². The molecule has 0 aromatic carbocycles. The predicted molar refractivity (Wildman–Crippen MR) is 116 cm³/mol. The van der Waals surface area contributed by atoms with Gasteiger partial charge in [0, 0.05) is 16.7 Å². The summed E-state index contributed by atoms with van der Waals surface area (Å²) in [5.41, 5.74) is 3.14. The lowest BCUT2D eigenvalue weighted by atomic mass is 9.46. The molecule has 4 heteroatoms. The van der Waals surface area contributed by atoms with Crippen molar-refractivity contribution in [3.8, 4) is 0 Å². The Morgan fingerprint density at radius 2 is 1.17 bits per heavy atom. The number of hydrogen-bond acceptors (Lipinski definition) is 2. The maximum atomic E-state index is 13.4. The highest BCUT2D eigenvalue weighted by Gasteiger charge is 2.55. The van der Waals surface area contributed by atoms with Gasteiger partial charge in [0.2, 0.25) is 0 Å². The Balaban J connectivity index is 1.32. The molecule has 0 saturated heterocycles. The largest absolute Gasteiger partial charge is 0.336 e. The topological polar surface area (TPSA) is 48.6 Å². The third-order valence-corrected chi connectivity index (χ3v) is 10.5. The molecule has 8 fully saturated rings. The van der Waals surface area contributed by atoms with E-state index in [1.807, 2.05) is 0 Å². The van der Waals surface area contributed by atoms with Gasteiger partial charge < -0.3 is 4.98 Å². The van der Waals surface area contributed by atoms with E-state index in [9.17, 15) is 4.79 Å². The number of H-pyrrole nitrogens is 2. The van der Waals surface area contributed by atoms with E-state index in [1.54, 1.807) is 0 Å². The smallest absolute Gasteiger partial charge is 0.255 e. The molecular formula is C25H34N2OS. The summed E-state index contributed by atoms with van der Waals surface area (Å²) in [6.07, 6.45) is 17.7. The van der Waals surface area contributed by atoms with Crippen molar-refractivity contribution < 1.29 is 0 Å². The van der Waals surface area contributed by atoms with Gasteiger partial charge in [-0.2, -0.15) is 0 Å². The van der Waals surface area contributed by atoms with Crippen LogP contribution in [0.15, 0.2) is 4.79 Å². The zero-order valence-electron chi connectivity index (χ0n) is 17.5. The van der Waals surface area contributed by atoms with Gasteiger partial charge in [-0.3, -0.25) is 9.78 Å². The average Bonchev–Trinajstić information content (AvgIpc) is 2.57. The van der Waals surface area contributed by atoms with Gasteiger partial charge >= 0.3 is 0 Å². The van der Waals surface area contributed by atoms with E-state index in [1.165, 1.54) is 82.7 Å². The van der Waals surface area contributed by atoms with E-state index in [-0.39, 0.29) is 11.0 Å². The molecule has 3 nitrogen and oxygen atoms in total. The third-order valence-electron chi connectivity index (χ3n) is 10.3. The van der Waals surface area contributed by atoms with Crippen molar-refractivity contribution in [1.29, 1.82) is 0 Å². The van der Waals surface area contributed by atoms with E-state index in [0.29, 0.717) is 10.2 Å². The quantitative estimate of drug-likeness (QED) is 0.632. The molecule has 1 aromatic rings. The van der Waals surface area contributed by atoms with Crippen molar-refractivity contribution in [1.82, 2.24) is 9.97 Å². The molecule has 1 aromatic heterocycles. The van der Waals surface area contributed by atoms with Crippen LogP contribution in [0.1, 0.15) is 88.3 Å². The summed E-state index contributed by atoms with van der Waals surface area (Å²) in [6.45, 7) is 0. The second kappa shape index (κ2) is 5.87. The molecule has 8 aliphatic rings. The first-order valence-electron chi connectivity index (χ1n) is 12.3. The molecule has 0 atom stereocenters. The van der Waals surface area contributed by atoms with Crippen LogP contribution in [0.3, 0.4) is 0 Å². The van der Waals surface area contributed by atoms with Crippen LogP contribution in [0.2, 0.25) is 0 Å². The fourth-order valence-electron chi connectivity index (χ4n) is 10.5. The number of aromatic nitrogens is 2. The highest BCUT2D eigenvalue weighted by Crippen LogP contribution is 2.63. The van der Waals surface area contributed by atoms with Crippen LogP contribution >= 0.6 is 12.2 Å². The molecule has 0 radical (unpaired) electrons. The van der Waals surface area contributed by atoms with Gasteiger partial charge in [-0.15, -0.1) is 0 Å². The molecule has 0 spiro atoms. The van der Waals surface area contributed by atoms with Crippen LogP contribution in [0.25, 0.3) is 0 Å². The summed E-state index contributed by atoms with van der Waals surface area (Å²) in [7, 11) is 0. The zero-order chi connectivity index (χ0) is 19.4. The van der Waals surface area contributed by atoms with Crippen LogP contribution in [-0.4, -0.2) is 9.97 Å². The van der Waals surface area contributed by atoms with Crippen molar-refractivity contribution in [2.45, 2.75) is 88.9 Å². The lowest BCUT2D eigenvalue weighted by Gasteiger charge is -2.58. The fraction of sp³-hybridized carbons (Fsp3) is 0.840. The van der Waals surface area contributed by atoms with Crippen LogP contribution in [0.4, 0.5) is 0 Å². The second-order valence-corrected chi connectivity index (χ2v) is 13.0. The first-order chi connectivity index (χ1) is 14.0. The number of aromatic amines is 2. The maximum absolute atomic E-state index is 13.4. The number of nitrogens with one attached hydrogen (secondary N) is 2. The van der Waals surface area contributed by atoms with Crippen molar-refractivity contribution in [2.24, 2.45) is 40.9 Å². The molecule has 2 N–H and O–H groups in total. The fourth-order valence-corrected chi connectivity index (χ4v) is 10.7. The van der Waals surface area contributed by atoms with E-state index in [0.717, 1.165) is 47.5 Å². The first kappa shape index (κ1) is 17.7. The van der Waals surface area contributed by atoms with Gasteiger partial charge in [-0.1, -0.05) is 0 Å². The monoisotopic (exact) mass is 410 g/mol. The van der Waals surface area contributed by atoms with Gasteiger partial charge in [0.1, 0.15) is 0 Å². The van der Waals surface area contributed by atoms with Crippen LogP contribution in [-0.2, 0) is 11.8 Å². The Morgan fingerprint density at radius 1 is 0.724 bits per heavy atom. The molecule has 8 bridgehead atoms. The summed E-state index contributed by atoms with van der Waals surface area (Å²) in [5.74, 6) is 5.43. The van der Waals surface area contributed by atoms with E-state index < -0.39 is 0 Å². The summed E-state index contributed by atoms with van der Waals surface area (Å²) < 4.78 is 0.545. The Hall–Kier alpha value is -0.900. The maximum Gasteiger partial charge on any atom is 0.255 e. The normalized spacial score (nSPS) is 49.1. The van der Waals surface area contributed by atoms with Gasteiger partial charge in [0.25, 0.3) is 5.56 Å². The molecular weight excluding hydrogens is 376 g/mol. The highest BCUT2D eigenvalue weighted by molar-refractivity contribution is 7.71. The molecule has 8 aliphatic carbocycles. The van der Waals surface area contributed by atoms with Crippen molar-refractivity contribution in [3.05, 3.63) is 26.4 Å². The minimum atomic E-state index is 0.138. The van der Waals surface area contributed by atoms with Gasteiger partial charge in [0.05, 0.1) is 0 Å². The lowest BCUT2D eigenvalue weighted by molar-refractivity contribution is -0.0535. The molecule has 0 amide bonds. The van der Waals surface area contributed by atoms with Gasteiger partial charge in [-0.25, -0.2) is 0 Å². The molecule has 1 heterocycles. The van der Waals surface area contributed by atoms with E-state index >= 15 is 0 Å². The lowest BCUT2D eigenvalue weighted by Crippen LogP contribution is -2.52. The zero-order valence-corrected chi connectivity index (χ0v) is 18.3. The molecule has 8 saturated carbocycles. The summed E-state index contributed by atoms with van der Waals surface area (Å²) in [6, 6.07) is 0. The van der Waals surface area contributed by atoms with Crippen LogP contribution in [0, 0.1) is 45.7 Å². The van der Waals surface area contributed by atoms with Crippen LogP contribution in [0.5, 0.6) is 0 Å². The Bertz CT molecular complexity index is 901. The number of hydrogen-bond donors (Lipinski definition) is 2. The van der Waals surface area contributed by atoms with Crippen molar-refractivity contribution in [3.63, 3.8) is 0 Å². The summed E-state index contributed by atoms with van der Waals surface area (Å²) in [5, 5.41) is 0. The Labute approximate surface area is 178 Å². The first-order valence-corrected chi connectivity index (χ1v) is 12.7. The van der Waals surface area contributed by atoms with Crippen LogP contribution < -0.4 is 5.56 Å². The molecule has 156 valence electrons. The molecule has 0 unspecified atom stereocenters. The molecule has 0 aliphatic heterocycles. The second-order valence-electron chi connectivity index (χ2n) is 12.6. The van der Waals surface area contributed by atoms with Crippen molar-refractivity contribution >= 4 is 12.2 Å². The van der Waals surface area contributed by atoms with E-state index in [2.05, 4.69) is 9.97 Å². The van der Waals surface area contributed by atoms with Gasteiger partial charge in [0.15, 0.2) is 4.77 Å². The summed E-state index contributed by atoms with van der Waals surface area (Å²) >= 11 is 5.49. The minimum absolute atomic E-state index is 0.138. The standard InChI is InChI=1S/C25H34N2OS/c28-22-21(25-10-17-4-18(11-25)6-19(5-17)12-25)20(26-23(29)27-22)13-24-7-14-1-15(8-24)3-16(2-14)9-24/h14-19H,1-13H2,(H2,26,27,28,29). The predicted octanol–water partition coefficient (Wildman–Crippen LogP) is 5.66. The Kier molecular flexibility index (Phi) is 3.59. The van der Waals surface area contributed by atoms with Gasteiger partial charge in [-0.05, 0) is 137 Å². The van der Waals surface area contributed by atoms with E-state index in [4.69, 9.17) is 12.2 Å². The Morgan fingerprint density at radius 3 is 1.66 bits per heavy atom. The molecule has 29 heavy (non-hydrogen) atoms. The minimum Gasteiger partial charge on any atom is -0.336 e. The SMILES string of the molecule is O=c1[nH]c(=S)[nH]c(CC23CC4CC(CC(C4)C2)C3)c1C12CC3CC(CC(C3)C1)C2. The molecule has 9 rings (SSSR count). The highest BCUT2D eigenvalue weighted by atomic mass is 32.1. The average molecular weight is 411 g/mol.